The first-order valence-electron chi connectivity index (χ1n) is 12.1. The van der Waals surface area contributed by atoms with E-state index in [0.717, 1.165) is 34.7 Å². The van der Waals surface area contributed by atoms with Crippen molar-refractivity contribution >= 4 is 40.1 Å². The summed E-state index contributed by atoms with van der Waals surface area (Å²) in [5.41, 5.74) is 7.94. The molecule has 3 aromatic carbocycles. The lowest BCUT2D eigenvalue weighted by atomic mass is 9.93. The average molecular weight is 509 g/mol. The Morgan fingerprint density at radius 1 is 0.895 bits per heavy atom. The zero-order valence-electron chi connectivity index (χ0n) is 20.5. The maximum Gasteiger partial charge on any atom is 0.291 e. The Labute approximate surface area is 218 Å². The van der Waals surface area contributed by atoms with Gasteiger partial charge in [-0.25, -0.2) is 0 Å². The van der Waals surface area contributed by atoms with E-state index >= 15 is 0 Å². The van der Waals surface area contributed by atoms with E-state index < -0.39 is 4.92 Å². The Morgan fingerprint density at radius 3 is 2.24 bits per heavy atom. The third kappa shape index (κ3) is 5.49. The summed E-state index contributed by atoms with van der Waals surface area (Å²) in [5, 5.41) is 26.7. The summed E-state index contributed by atoms with van der Waals surface area (Å²) in [6.45, 7) is 1.84. The minimum atomic E-state index is -0.448. The second kappa shape index (κ2) is 10.9. The van der Waals surface area contributed by atoms with E-state index in [0.29, 0.717) is 29.9 Å². The van der Waals surface area contributed by atoms with E-state index in [1.807, 2.05) is 37.3 Å². The molecule has 5 rings (SSSR count). The second-order valence-corrected chi connectivity index (χ2v) is 8.72. The van der Waals surface area contributed by atoms with Gasteiger partial charge in [0.1, 0.15) is 5.76 Å². The maximum atomic E-state index is 13.1. The number of azo groups is 1. The van der Waals surface area contributed by atoms with Crippen LogP contribution in [0.1, 0.15) is 40.3 Å². The highest BCUT2D eigenvalue weighted by Gasteiger charge is 2.28. The number of hydrogen-bond acceptors (Lipinski definition) is 8. The van der Waals surface area contributed by atoms with Crippen LogP contribution in [-0.2, 0) is 6.42 Å². The lowest BCUT2D eigenvalue weighted by molar-refractivity contribution is -0.384. The number of nitrogens with one attached hydrogen (secondary N) is 2. The van der Waals surface area contributed by atoms with Gasteiger partial charge >= 0.3 is 0 Å². The third-order valence-corrected chi connectivity index (χ3v) is 6.09. The minimum Gasteiger partial charge on any atom is -0.455 e. The highest BCUT2D eigenvalue weighted by molar-refractivity contribution is 6.09. The number of aryl methyl sites for hydroxylation is 1. The minimum absolute atomic E-state index is 0.00991. The highest BCUT2D eigenvalue weighted by atomic mass is 16.6. The number of benzene rings is 3. The van der Waals surface area contributed by atoms with Gasteiger partial charge in [0.2, 0.25) is 0 Å². The van der Waals surface area contributed by atoms with Crippen molar-refractivity contribution in [3.05, 3.63) is 112 Å². The van der Waals surface area contributed by atoms with Crippen molar-refractivity contribution in [1.82, 2.24) is 0 Å². The van der Waals surface area contributed by atoms with E-state index in [1.54, 1.807) is 36.4 Å². The molecule has 0 saturated carbocycles. The Hall–Kier alpha value is -5.12. The summed E-state index contributed by atoms with van der Waals surface area (Å²) >= 11 is 0. The zero-order valence-corrected chi connectivity index (χ0v) is 20.5. The van der Waals surface area contributed by atoms with Crippen LogP contribution < -0.4 is 10.7 Å². The number of amides is 1. The molecule has 10 heteroatoms. The van der Waals surface area contributed by atoms with Crippen LogP contribution in [0.4, 0.5) is 28.4 Å². The van der Waals surface area contributed by atoms with Crippen molar-refractivity contribution in [2.45, 2.75) is 26.2 Å². The SMILES string of the molecule is Cc1c(C(=O)Nc2ccc(N=Nc3ccccc3)cc2)oc2c1C(=NNc1ccc([N+](=O)[O-])cc1)CCC2. The number of hydrazone groups is 1. The number of hydrogen-bond donors (Lipinski definition) is 2. The number of rotatable bonds is 7. The number of nitro benzene ring substituents is 1. The van der Waals surface area contributed by atoms with Crippen LogP contribution in [0, 0.1) is 17.0 Å². The van der Waals surface area contributed by atoms with Crippen LogP contribution in [0.5, 0.6) is 0 Å². The number of carbonyl (C=O) groups excluding carboxylic acids is 1. The molecule has 0 unspecified atom stereocenters. The van der Waals surface area contributed by atoms with Gasteiger partial charge < -0.3 is 9.73 Å². The molecule has 1 amide bonds. The molecular formula is C28H24N6O4. The number of furan rings is 1. The van der Waals surface area contributed by atoms with Crippen molar-refractivity contribution in [1.29, 1.82) is 0 Å². The molecule has 0 fully saturated rings. The lowest BCUT2D eigenvalue weighted by Crippen LogP contribution is -2.14. The van der Waals surface area contributed by atoms with E-state index in [4.69, 9.17) is 4.42 Å². The number of nitro groups is 1. The first-order chi connectivity index (χ1) is 18.5. The molecule has 1 aliphatic carbocycles. The molecule has 1 aliphatic rings. The predicted molar refractivity (Wildman–Crippen MR) is 145 cm³/mol. The quantitative estimate of drug-likeness (QED) is 0.153. The van der Waals surface area contributed by atoms with Crippen molar-refractivity contribution in [3.8, 4) is 0 Å². The standard InChI is InChI=1S/C28H24N6O4/c1-18-26-24(33-32-22-14-16-23(17-15-22)34(36)37)8-5-9-25(26)38-27(18)28(35)29-19-10-12-21(13-11-19)31-30-20-6-3-2-4-7-20/h2-4,6-7,10-17,32H,5,8-9H2,1H3,(H,29,35). The van der Waals surface area contributed by atoms with Crippen molar-refractivity contribution in [2.75, 3.05) is 10.7 Å². The van der Waals surface area contributed by atoms with Gasteiger partial charge in [0.05, 0.1) is 27.7 Å². The number of nitrogens with zero attached hydrogens (tertiary/aromatic N) is 4. The van der Waals surface area contributed by atoms with E-state index in [-0.39, 0.29) is 17.4 Å². The number of fused-ring (bicyclic) bond motifs is 1. The number of anilines is 2. The predicted octanol–water partition coefficient (Wildman–Crippen LogP) is 7.32. The Balaban J connectivity index is 1.28. The van der Waals surface area contributed by atoms with Gasteiger partial charge in [0.25, 0.3) is 11.6 Å². The monoisotopic (exact) mass is 508 g/mol. The molecule has 1 heterocycles. The number of carbonyl (C=O) groups is 1. The molecule has 1 aromatic heterocycles. The molecule has 2 N–H and O–H groups in total. The maximum absolute atomic E-state index is 13.1. The van der Waals surface area contributed by atoms with Gasteiger partial charge in [-0.2, -0.15) is 15.3 Å². The fourth-order valence-electron chi connectivity index (χ4n) is 4.20. The molecule has 10 nitrogen and oxygen atoms in total. The van der Waals surface area contributed by atoms with E-state index in [1.165, 1.54) is 12.1 Å². The third-order valence-electron chi connectivity index (χ3n) is 6.09. The van der Waals surface area contributed by atoms with Crippen LogP contribution in [-0.4, -0.2) is 16.5 Å². The molecule has 0 bridgehead atoms. The largest absolute Gasteiger partial charge is 0.455 e. The van der Waals surface area contributed by atoms with Crippen LogP contribution in [0.3, 0.4) is 0 Å². The lowest BCUT2D eigenvalue weighted by Gasteiger charge is -2.13. The van der Waals surface area contributed by atoms with Gasteiger partial charge in [0, 0.05) is 35.4 Å². The highest BCUT2D eigenvalue weighted by Crippen LogP contribution is 2.31. The van der Waals surface area contributed by atoms with Gasteiger partial charge in [-0.15, -0.1) is 0 Å². The first-order valence-corrected chi connectivity index (χ1v) is 12.1. The summed E-state index contributed by atoms with van der Waals surface area (Å²) in [7, 11) is 0. The molecular weight excluding hydrogens is 484 g/mol. The molecule has 190 valence electrons. The van der Waals surface area contributed by atoms with Crippen molar-refractivity contribution < 1.29 is 14.1 Å². The second-order valence-electron chi connectivity index (χ2n) is 8.72. The van der Waals surface area contributed by atoms with E-state index in [2.05, 4.69) is 26.1 Å². The van der Waals surface area contributed by atoms with Crippen molar-refractivity contribution in [3.63, 3.8) is 0 Å². The summed E-state index contributed by atoms with van der Waals surface area (Å²) in [5.74, 6) is 0.617. The van der Waals surface area contributed by atoms with Crippen LogP contribution in [0.15, 0.2) is 98.6 Å². The zero-order chi connectivity index (χ0) is 26.5. The van der Waals surface area contributed by atoms with E-state index in [9.17, 15) is 14.9 Å². The average Bonchev–Trinajstić information content (AvgIpc) is 3.29. The summed E-state index contributed by atoms with van der Waals surface area (Å²) in [6.07, 6.45) is 2.26. The molecule has 0 radical (unpaired) electrons. The summed E-state index contributed by atoms with van der Waals surface area (Å²) in [6, 6.07) is 22.5. The van der Waals surface area contributed by atoms with Crippen LogP contribution in [0.2, 0.25) is 0 Å². The Morgan fingerprint density at radius 2 is 1.55 bits per heavy atom. The first kappa shape index (κ1) is 24.6. The van der Waals surface area contributed by atoms with Crippen molar-refractivity contribution in [2.24, 2.45) is 15.3 Å². The molecule has 0 atom stereocenters. The molecule has 0 aliphatic heterocycles. The van der Waals surface area contributed by atoms with Crippen LogP contribution in [0.25, 0.3) is 0 Å². The fraction of sp³-hybridized carbons (Fsp3) is 0.143. The summed E-state index contributed by atoms with van der Waals surface area (Å²) < 4.78 is 5.98. The van der Waals surface area contributed by atoms with Gasteiger partial charge in [0.15, 0.2) is 5.76 Å². The van der Waals surface area contributed by atoms with Gasteiger partial charge in [-0.1, -0.05) is 18.2 Å². The van der Waals surface area contributed by atoms with Gasteiger partial charge in [-0.3, -0.25) is 20.3 Å². The smallest absolute Gasteiger partial charge is 0.291 e. The summed E-state index contributed by atoms with van der Waals surface area (Å²) in [4.78, 5) is 23.5. The van der Waals surface area contributed by atoms with Crippen LogP contribution >= 0.6 is 0 Å². The fourth-order valence-corrected chi connectivity index (χ4v) is 4.20. The molecule has 0 spiro atoms. The molecule has 4 aromatic rings. The van der Waals surface area contributed by atoms with Gasteiger partial charge in [-0.05, 0) is 68.3 Å². The normalized spacial score (nSPS) is 13.9. The molecule has 0 saturated heterocycles. The Bertz CT molecular complexity index is 1520. The molecule has 38 heavy (non-hydrogen) atoms. The Kier molecular flexibility index (Phi) is 7.03. The topological polar surface area (TPSA) is 134 Å². The number of non-ortho nitro benzene ring substituents is 1.